The Kier molecular flexibility index (Phi) is 3.29. The molecule has 0 aromatic heterocycles. The number of aliphatic hydroxyl groups is 1. The molecule has 0 saturated carbocycles. The summed E-state index contributed by atoms with van der Waals surface area (Å²) >= 11 is 0. The van der Waals surface area contributed by atoms with E-state index < -0.39 is 6.10 Å². The Bertz CT molecular complexity index is 301. The van der Waals surface area contributed by atoms with Crippen molar-refractivity contribution in [1.82, 2.24) is 0 Å². The van der Waals surface area contributed by atoms with E-state index in [1.54, 1.807) is 0 Å². The quantitative estimate of drug-likeness (QED) is 0.754. The zero-order chi connectivity index (χ0) is 10.8. The second-order valence-corrected chi connectivity index (χ2v) is 4.59. The summed E-state index contributed by atoms with van der Waals surface area (Å²) < 4.78 is 0. The van der Waals surface area contributed by atoms with Crippen LogP contribution in [0.4, 0.5) is 0 Å². The number of benzene rings is 1. The van der Waals surface area contributed by atoms with E-state index in [-0.39, 0.29) is 12.0 Å². The molecule has 2 nitrogen and oxygen atoms in total. The molecule has 0 aliphatic heterocycles. The van der Waals surface area contributed by atoms with E-state index in [0.717, 1.165) is 11.1 Å². The molecule has 1 aromatic carbocycles. The summed E-state index contributed by atoms with van der Waals surface area (Å²) in [6.07, 6.45) is -0.551. The van der Waals surface area contributed by atoms with Gasteiger partial charge in [-0.3, -0.25) is 0 Å². The molecule has 0 unspecified atom stereocenters. The van der Waals surface area contributed by atoms with Gasteiger partial charge >= 0.3 is 0 Å². The monoisotopic (exact) mass is 193 g/mol. The van der Waals surface area contributed by atoms with Gasteiger partial charge in [0.2, 0.25) is 0 Å². The summed E-state index contributed by atoms with van der Waals surface area (Å²) in [5, 5.41) is 9.75. The molecule has 0 bridgehead atoms. The Morgan fingerprint density at radius 2 is 1.86 bits per heavy atom. The predicted octanol–water partition coefficient (Wildman–Crippen LogP) is 1.98. The molecule has 0 aliphatic carbocycles. The SMILES string of the molecule is CC(C)(C)c1ccccc1[C@@H](O)CN. The molecule has 0 heterocycles. The van der Waals surface area contributed by atoms with Gasteiger partial charge in [0.05, 0.1) is 6.10 Å². The maximum Gasteiger partial charge on any atom is 0.0915 e. The van der Waals surface area contributed by atoms with Gasteiger partial charge in [0, 0.05) is 6.54 Å². The number of aliphatic hydroxyl groups excluding tert-OH is 1. The first-order chi connectivity index (χ1) is 6.46. The van der Waals surface area contributed by atoms with Crippen LogP contribution in [-0.4, -0.2) is 11.7 Å². The van der Waals surface area contributed by atoms with Crippen LogP contribution in [-0.2, 0) is 5.41 Å². The molecule has 1 aromatic rings. The highest BCUT2D eigenvalue weighted by Crippen LogP contribution is 2.28. The minimum absolute atomic E-state index is 0.0484. The molecule has 1 rings (SSSR count). The Morgan fingerprint density at radius 3 is 2.36 bits per heavy atom. The Hall–Kier alpha value is -0.860. The molecule has 0 saturated heterocycles. The lowest BCUT2D eigenvalue weighted by Gasteiger charge is -2.24. The number of hydrogen-bond acceptors (Lipinski definition) is 2. The second kappa shape index (κ2) is 4.11. The van der Waals surface area contributed by atoms with E-state index >= 15 is 0 Å². The molecule has 0 radical (unpaired) electrons. The third-order valence-electron chi connectivity index (χ3n) is 2.35. The maximum absolute atomic E-state index is 9.75. The van der Waals surface area contributed by atoms with Gasteiger partial charge in [0.15, 0.2) is 0 Å². The van der Waals surface area contributed by atoms with Crippen molar-refractivity contribution < 1.29 is 5.11 Å². The summed E-state index contributed by atoms with van der Waals surface area (Å²) in [6, 6.07) is 7.92. The highest BCUT2D eigenvalue weighted by Gasteiger charge is 2.20. The van der Waals surface area contributed by atoms with Crippen molar-refractivity contribution >= 4 is 0 Å². The molecular weight excluding hydrogens is 174 g/mol. The van der Waals surface area contributed by atoms with Gasteiger partial charge in [-0.25, -0.2) is 0 Å². The van der Waals surface area contributed by atoms with Crippen LogP contribution in [0.5, 0.6) is 0 Å². The number of hydrogen-bond donors (Lipinski definition) is 2. The van der Waals surface area contributed by atoms with Crippen LogP contribution in [0.1, 0.15) is 38.0 Å². The van der Waals surface area contributed by atoms with Gasteiger partial charge in [-0.15, -0.1) is 0 Å². The van der Waals surface area contributed by atoms with E-state index in [1.165, 1.54) is 0 Å². The van der Waals surface area contributed by atoms with Crippen LogP contribution >= 0.6 is 0 Å². The van der Waals surface area contributed by atoms with Crippen LogP contribution in [0, 0.1) is 0 Å². The standard InChI is InChI=1S/C12H19NO/c1-12(2,3)10-7-5-4-6-9(10)11(14)8-13/h4-7,11,14H,8,13H2,1-3H3/t11-/m0/s1. The normalized spacial score (nSPS) is 14.1. The fourth-order valence-corrected chi connectivity index (χ4v) is 1.60. The van der Waals surface area contributed by atoms with Gasteiger partial charge in [0.25, 0.3) is 0 Å². The first-order valence-corrected chi connectivity index (χ1v) is 4.94. The van der Waals surface area contributed by atoms with E-state index in [1.807, 2.05) is 24.3 Å². The zero-order valence-corrected chi connectivity index (χ0v) is 9.12. The topological polar surface area (TPSA) is 46.2 Å². The lowest BCUT2D eigenvalue weighted by atomic mass is 9.82. The summed E-state index contributed by atoms with van der Waals surface area (Å²) in [5.74, 6) is 0. The third kappa shape index (κ3) is 2.34. The lowest BCUT2D eigenvalue weighted by Crippen LogP contribution is -2.19. The van der Waals surface area contributed by atoms with Crippen LogP contribution in [0.3, 0.4) is 0 Å². The highest BCUT2D eigenvalue weighted by molar-refractivity contribution is 5.34. The molecule has 2 heteroatoms. The van der Waals surface area contributed by atoms with E-state index in [2.05, 4.69) is 20.8 Å². The minimum atomic E-state index is -0.551. The molecule has 78 valence electrons. The van der Waals surface area contributed by atoms with Crippen LogP contribution in [0.2, 0.25) is 0 Å². The van der Waals surface area contributed by atoms with Crippen molar-refractivity contribution in [2.45, 2.75) is 32.3 Å². The first kappa shape index (κ1) is 11.2. The van der Waals surface area contributed by atoms with Crippen molar-refractivity contribution in [2.24, 2.45) is 5.73 Å². The second-order valence-electron chi connectivity index (χ2n) is 4.59. The largest absolute Gasteiger partial charge is 0.387 e. The van der Waals surface area contributed by atoms with E-state index in [0.29, 0.717) is 0 Å². The molecule has 14 heavy (non-hydrogen) atoms. The Morgan fingerprint density at radius 1 is 1.29 bits per heavy atom. The van der Waals surface area contributed by atoms with Gasteiger partial charge in [0.1, 0.15) is 0 Å². The molecular formula is C12H19NO. The smallest absolute Gasteiger partial charge is 0.0915 e. The highest BCUT2D eigenvalue weighted by atomic mass is 16.3. The Balaban J connectivity index is 3.16. The number of nitrogens with two attached hydrogens (primary N) is 1. The van der Waals surface area contributed by atoms with Crippen molar-refractivity contribution in [1.29, 1.82) is 0 Å². The molecule has 0 spiro atoms. The molecule has 0 fully saturated rings. The zero-order valence-electron chi connectivity index (χ0n) is 9.12. The van der Waals surface area contributed by atoms with Crippen LogP contribution < -0.4 is 5.73 Å². The average molecular weight is 193 g/mol. The van der Waals surface area contributed by atoms with Gasteiger partial charge in [-0.1, -0.05) is 45.0 Å². The molecule has 0 aliphatic rings. The van der Waals surface area contributed by atoms with Gasteiger partial charge < -0.3 is 10.8 Å². The van der Waals surface area contributed by atoms with Gasteiger partial charge in [-0.2, -0.15) is 0 Å². The summed E-state index contributed by atoms with van der Waals surface area (Å²) in [5.41, 5.74) is 7.63. The lowest BCUT2D eigenvalue weighted by molar-refractivity contribution is 0.184. The summed E-state index contributed by atoms with van der Waals surface area (Å²) in [7, 11) is 0. The molecule has 0 amide bonds. The minimum Gasteiger partial charge on any atom is -0.387 e. The van der Waals surface area contributed by atoms with Crippen LogP contribution in [0.15, 0.2) is 24.3 Å². The average Bonchev–Trinajstić information content (AvgIpc) is 2.15. The predicted molar refractivity (Wildman–Crippen MR) is 59.2 cm³/mol. The molecule has 3 N–H and O–H groups in total. The number of rotatable bonds is 2. The third-order valence-corrected chi connectivity index (χ3v) is 2.35. The van der Waals surface area contributed by atoms with Crippen molar-refractivity contribution in [2.75, 3.05) is 6.54 Å². The summed E-state index contributed by atoms with van der Waals surface area (Å²) in [6.45, 7) is 6.67. The Labute approximate surface area is 85.8 Å². The summed E-state index contributed by atoms with van der Waals surface area (Å²) in [4.78, 5) is 0. The van der Waals surface area contributed by atoms with Crippen LogP contribution in [0.25, 0.3) is 0 Å². The fourth-order valence-electron chi connectivity index (χ4n) is 1.60. The first-order valence-electron chi connectivity index (χ1n) is 4.94. The van der Waals surface area contributed by atoms with Crippen molar-refractivity contribution in [3.8, 4) is 0 Å². The molecule has 1 atom stereocenters. The maximum atomic E-state index is 9.75. The van der Waals surface area contributed by atoms with Crippen molar-refractivity contribution in [3.05, 3.63) is 35.4 Å². The fraction of sp³-hybridized carbons (Fsp3) is 0.500. The van der Waals surface area contributed by atoms with E-state index in [9.17, 15) is 5.11 Å². The van der Waals surface area contributed by atoms with Crippen molar-refractivity contribution in [3.63, 3.8) is 0 Å². The van der Waals surface area contributed by atoms with E-state index in [4.69, 9.17) is 5.73 Å². The van der Waals surface area contributed by atoms with Gasteiger partial charge in [-0.05, 0) is 16.5 Å².